The molecule has 1 aliphatic rings. The molecule has 1 heterocycles. The van der Waals surface area contributed by atoms with Crippen LogP contribution in [0.25, 0.3) is 0 Å². The zero-order valence-electron chi connectivity index (χ0n) is 11.5. The number of carbonyl (C=O) groups is 1. The number of allylic oxidation sites excluding steroid dienone is 1. The average molecular weight is 394 g/mol. The summed E-state index contributed by atoms with van der Waals surface area (Å²) in [6.07, 6.45) is 11.2. The summed E-state index contributed by atoms with van der Waals surface area (Å²) in [6, 6.07) is 0. The molecule has 0 saturated carbocycles. The Kier molecular flexibility index (Phi) is 8.71. The summed E-state index contributed by atoms with van der Waals surface area (Å²) in [4.78, 5) is 13.1. The highest BCUT2D eigenvalue weighted by atomic mass is 79.9. The highest BCUT2D eigenvalue weighted by Crippen LogP contribution is 2.34. The minimum atomic E-state index is -0.278. The number of ether oxygens (including phenoxy) is 1. The molecule has 0 aromatic heterocycles. The molecule has 0 bridgehead atoms. The average Bonchev–Trinajstić information content (AvgIpc) is 2.69. The van der Waals surface area contributed by atoms with Gasteiger partial charge >= 0.3 is 5.97 Å². The number of hydrogen-bond acceptors (Lipinski definition) is 2. The molecule has 2 nitrogen and oxygen atoms in total. The van der Waals surface area contributed by atoms with Gasteiger partial charge in [0.05, 0.1) is 0 Å². The highest BCUT2D eigenvalue weighted by molar-refractivity contribution is 9.12. The van der Waals surface area contributed by atoms with Crippen molar-refractivity contribution in [1.29, 1.82) is 0 Å². The molecule has 0 aliphatic carbocycles. The largest absolute Gasteiger partial charge is 0.422 e. The van der Waals surface area contributed by atoms with Gasteiger partial charge in [-0.1, -0.05) is 67.8 Å². The van der Waals surface area contributed by atoms with Crippen molar-refractivity contribution < 1.29 is 9.53 Å². The van der Waals surface area contributed by atoms with Gasteiger partial charge in [-0.15, -0.1) is 0 Å². The monoisotopic (exact) mass is 392 g/mol. The van der Waals surface area contributed by atoms with Crippen molar-refractivity contribution in [3.05, 3.63) is 20.8 Å². The maximum absolute atomic E-state index is 11.4. The topological polar surface area (TPSA) is 26.3 Å². The highest BCUT2D eigenvalue weighted by Gasteiger charge is 2.26. The molecular formula is C15H22Br2O2. The van der Waals surface area contributed by atoms with Crippen LogP contribution in [0.3, 0.4) is 0 Å². The third kappa shape index (κ3) is 5.82. The van der Waals surface area contributed by atoms with Gasteiger partial charge in [0.25, 0.3) is 0 Å². The summed E-state index contributed by atoms with van der Waals surface area (Å²) >= 11 is 6.54. The van der Waals surface area contributed by atoms with Crippen molar-refractivity contribution in [2.45, 2.75) is 64.7 Å². The van der Waals surface area contributed by atoms with Gasteiger partial charge in [0.1, 0.15) is 10.2 Å². The van der Waals surface area contributed by atoms with Gasteiger partial charge in [0, 0.05) is 10.6 Å². The smallest absolute Gasteiger partial charge is 0.351 e. The molecule has 0 atom stereocenters. The third-order valence-corrected chi connectivity index (χ3v) is 4.54. The Bertz CT molecular complexity index is 359. The van der Waals surface area contributed by atoms with Crippen LogP contribution in [-0.4, -0.2) is 5.97 Å². The SMILES string of the molecule is CCCCCCCCCCC1=C(Br)C(=O)O/C1=C\Br. The maximum atomic E-state index is 11.4. The number of hydrogen-bond donors (Lipinski definition) is 0. The fourth-order valence-electron chi connectivity index (χ4n) is 2.19. The lowest BCUT2D eigenvalue weighted by atomic mass is 10.0. The molecule has 0 saturated heterocycles. The van der Waals surface area contributed by atoms with E-state index in [2.05, 4.69) is 38.8 Å². The van der Waals surface area contributed by atoms with Crippen molar-refractivity contribution in [1.82, 2.24) is 0 Å². The van der Waals surface area contributed by atoms with Gasteiger partial charge in [-0.05, 0) is 28.8 Å². The molecule has 0 unspecified atom stereocenters. The van der Waals surface area contributed by atoms with Crippen molar-refractivity contribution in [2.75, 3.05) is 0 Å². The molecule has 0 N–H and O–H groups in total. The predicted octanol–water partition coefficient (Wildman–Crippen LogP) is 5.96. The Labute approximate surface area is 132 Å². The molecule has 0 amide bonds. The van der Waals surface area contributed by atoms with E-state index >= 15 is 0 Å². The van der Waals surface area contributed by atoms with E-state index in [1.165, 1.54) is 44.9 Å². The van der Waals surface area contributed by atoms with E-state index in [1.807, 2.05) is 0 Å². The summed E-state index contributed by atoms with van der Waals surface area (Å²) in [5, 5.41) is 0. The Morgan fingerprint density at radius 3 is 2.21 bits per heavy atom. The minimum Gasteiger partial charge on any atom is -0.422 e. The molecule has 0 spiro atoms. The zero-order chi connectivity index (χ0) is 14.1. The second-order valence-electron chi connectivity index (χ2n) is 4.88. The molecule has 0 radical (unpaired) electrons. The van der Waals surface area contributed by atoms with Gasteiger partial charge in [0.2, 0.25) is 0 Å². The van der Waals surface area contributed by atoms with Crippen LogP contribution in [0.15, 0.2) is 20.8 Å². The standard InChI is InChI=1S/C15H22Br2O2/c1-2-3-4-5-6-7-8-9-10-12-13(11-16)19-15(18)14(12)17/h11H,2-10H2,1H3/b13-11-. The lowest BCUT2D eigenvalue weighted by molar-refractivity contribution is -0.132. The summed E-state index contributed by atoms with van der Waals surface area (Å²) in [7, 11) is 0. The van der Waals surface area contributed by atoms with Gasteiger partial charge < -0.3 is 4.74 Å². The quantitative estimate of drug-likeness (QED) is 0.356. The van der Waals surface area contributed by atoms with E-state index in [1.54, 1.807) is 4.99 Å². The van der Waals surface area contributed by atoms with E-state index in [9.17, 15) is 4.79 Å². The van der Waals surface area contributed by atoms with Crippen LogP contribution in [0.4, 0.5) is 0 Å². The first kappa shape index (κ1) is 17.0. The lowest BCUT2D eigenvalue weighted by Gasteiger charge is -2.04. The Balaban J connectivity index is 2.17. The van der Waals surface area contributed by atoms with Crippen LogP contribution < -0.4 is 0 Å². The van der Waals surface area contributed by atoms with Crippen LogP contribution in [0.1, 0.15) is 64.7 Å². The second kappa shape index (κ2) is 9.76. The summed E-state index contributed by atoms with van der Waals surface area (Å²) < 4.78 is 5.70. The summed E-state index contributed by atoms with van der Waals surface area (Å²) in [5.41, 5.74) is 0.993. The zero-order valence-corrected chi connectivity index (χ0v) is 14.7. The Morgan fingerprint density at radius 1 is 1.05 bits per heavy atom. The van der Waals surface area contributed by atoms with Crippen molar-refractivity contribution >= 4 is 37.8 Å². The predicted molar refractivity (Wildman–Crippen MR) is 86.3 cm³/mol. The second-order valence-corrected chi connectivity index (χ2v) is 6.13. The number of cyclic esters (lactones) is 1. The van der Waals surface area contributed by atoms with E-state index in [4.69, 9.17) is 4.74 Å². The lowest BCUT2D eigenvalue weighted by Crippen LogP contribution is -1.92. The normalized spacial score (nSPS) is 17.4. The Hall–Kier alpha value is -0.0900. The minimum absolute atomic E-state index is 0.278. The molecule has 0 aromatic rings. The van der Waals surface area contributed by atoms with Crippen molar-refractivity contribution in [3.8, 4) is 0 Å². The van der Waals surface area contributed by atoms with Gasteiger partial charge in [0.15, 0.2) is 0 Å². The molecule has 0 aromatic carbocycles. The molecule has 0 fully saturated rings. The number of rotatable bonds is 9. The van der Waals surface area contributed by atoms with E-state index in [0.717, 1.165) is 18.4 Å². The van der Waals surface area contributed by atoms with Gasteiger partial charge in [-0.3, -0.25) is 0 Å². The summed E-state index contributed by atoms with van der Waals surface area (Å²) in [6.45, 7) is 2.24. The van der Waals surface area contributed by atoms with E-state index in [-0.39, 0.29) is 5.97 Å². The van der Waals surface area contributed by atoms with Crippen LogP contribution in [-0.2, 0) is 9.53 Å². The first-order valence-electron chi connectivity index (χ1n) is 7.12. The van der Waals surface area contributed by atoms with E-state index in [0.29, 0.717) is 10.2 Å². The molecule has 4 heteroatoms. The number of carbonyl (C=O) groups excluding carboxylic acids is 1. The van der Waals surface area contributed by atoms with Crippen LogP contribution in [0.5, 0.6) is 0 Å². The fraction of sp³-hybridized carbons (Fsp3) is 0.667. The number of esters is 1. The Morgan fingerprint density at radius 2 is 1.63 bits per heavy atom. The molecule has 1 aliphatic heterocycles. The van der Waals surface area contributed by atoms with Crippen LogP contribution in [0.2, 0.25) is 0 Å². The molecule has 108 valence electrons. The van der Waals surface area contributed by atoms with E-state index < -0.39 is 0 Å². The molecular weight excluding hydrogens is 372 g/mol. The third-order valence-electron chi connectivity index (χ3n) is 3.32. The maximum Gasteiger partial charge on any atom is 0.351 e. The molecule has 19 heavy (non-hydrogen) atoms. The number of unbranched alkanes of at least 4 members (excludes halogenated alkanes) is 7. The first-order valence-corrected chi connectivity index (χ1v) is 8.83. The van der Waals surface area contributed by atoms with Gasteiger partial charge in [-0.25, -0.2) is 4.79 Å². The fourth-order valence-corrected chi connectivity index (χ4v) is 3.04. The van der Waals surface area contributed by atoms with Gasteiger partial charge in [-0.2, -0.15) is 0 Å². The van der Waals surface area contributed by atoms with Crippen molar-refractivity contribution in [2.24, 2.45) is 0 Å². The van der Waals surface area contributed by atoms with Crippen molar-refractivity contribution in [3.63, 3.8) is 0 Å². The van der Waals surface area contributed by atoms with Crippen LogP contribution in [0, 0.1) is 0 Å². The molecule has 1 rings (SSSR count). The first-order chi connectivity index (χ1) is 9.20. The van der Waals surface area contributed by atoms with Crippen LogP contribution >= 0.6 is 31.9 Å². The summed E-state index contributed by atoms with van der Waals surface area (Å²) in [5.74, 6) is 0.375. The number of halogens is 2.